The number of nitrogens with zero attached hydrogens (tertiary/aromatic N) is 3. The third-order valence-electron chi connectivity index (χ3n) is 2.71. The first-order chi connectivity index (χ1) is 7.24. The van der Waals surface area contributed by atoms with E-state index in [-0.39, 0.29) is 0 Å². The van der Waals surface area contributed by atoms with Gasteiger partial charge in [-0.3, -0.25) is 4.79 Å². The Labute approximate surface area is 87.1 Å². The first-order valence-electron chi connectivity index (χ1n) is 5.09. The number of carboxylic acid groups (broad SMARTS) is 1. The second-order valence-corrected chi connectivity index (χ2v) is 3.70. The number of aromatic nitrogens is 3. The average Bonchev–Trinajstić information content (AvgIpc) is 2.62. The topological polar surface area (TPSA) is 94.0 Å². The number of carboxylic acids is 1. The Morgan fingerprint density at radius 1 is 1.60 bits per heavy atom. The summed E-state index contributed by atoms with van der Waals surface area (Å²) in [5.74, 6) is 0.0658. The molecule has 2 heterocycles. The van der Waals surface area contributed by atoms with Crippen molar-refractivity contribution in [2.45, 2.75) is 31.7 Å². The van der Waals surface area contributed by atoms with Crippen molar-refractivity contribution in [1.82, 2.24) is 14.8 Å². The molecular formula is C9H14N4O2. The van der Waals surface area contributed by atoms with Crippen LogP contribution < -0.4 is 5.73 Å². The lowest BCUT2D eigenvalue weighted by Crippen LogP contribution is -2.23. The molecular weight excluding hydrogens is 196 g/mol. The highest BCUT2D eigenvalue weighted by Gasteiger charge is 2.30. The number of aliphatic carboxylic acids is 1. The van der Waals surface area contributed by atoms with Crippen molar-refractivity contribution in [2.24, 2.45) is 5.73 Å². The summed E-state index contributed by atoms with van der Waals surface area (Å²) >= 11 is 0. The molecule has 0 amide bonds. The number of carbonyl (C=O) groups is 1. The van der Waals surface area contributed by atoms with Crippen LogP contribution in [-0.2, 0) is 17.8 Å². The molecule has 1 unspecified atom stereocenters. The Hall–Kier alpha value is -1.43. The lowest BCUT2D eigenvalue weighted by atomic mass is 9.99. The molecule has 1 aliphatic rings. The summed E-state index contributed by atoms with van der Waals surface area (Å²) in [7, 11) is 0. The number of nitrogens with two attached hydrogens (primary N) is 1. The Balaban J connectivity index is 2.33. The van der Waals surface area contributed by atoms with E-state index in [1.165, 1.54) is 0 Å². The molecule has 0 radical (unpaired) electrons. The number of fused-ring (bicyclic) bond motifs is 1. The minimum atomic E-state index is -0.817. The molecule has 0 aliphatic carbocycles. The SMILES string of the molecule is NCCc1nnc2n1CCCC2C(=O)O. The number of hydrogen-bond donors (Lipinski definition) is 2. The van der Waals surface area contributed by atoms with Gasteiger partial charge in [0, 0.05) is 13.0 Å². The second kappa shape index (κ2) is 3.98. The van der Waals surface area contributed by atoms with Crippen molar-refractivity contribution < 1.29 is 9.90 Å². The monoisotopic (exact) mass is 210 g/mol. The molecule has 1 atom stereocenters. The van der Waals surface area contributed by atoms with Crippen LogP contribution in [0.15, 0.2) is 0 Å². The van der Waals surface area contributed by atoms with Gasteiger partial charge in [-0.05, 0) is 19.4 Å². The molecule has 82 valence electrons. The van der Waals surface area contributed by atoms with Crippen LogP contribution in [0.2, 0.25) is 0 Å². The smallest absolute Gasteiger partial charge is 0.314 e. The summed E-state index contributed by atoms with van der Waals surface area (Å²) in [4.78, 5) is 11.0. The van der Waals surface area contributed by atoms with Crippen molar-refractivity contribution in [1.29, 1.82) is 0 Å². The highest BCUT2D eigenvalue weighted by atomic mass is 16.4. The van der Waals surface area contributed by atoms with Crippen LogP contribution in [0, 0.1) is 0 Å². The molecule has 6 heteroatoms. The van der Waals surface area contributed by atoms with Crippen molar-refractivity contribution in [3.63, 3.8) is 0 Å². The van der Waals surface area contributed by atoms with E-state index < -0.39 is 11.9 Å². The van der Waals surface area contributed by atoms with Gasteiger partial charge in [-0.2, -0.15) is 0 Å². The molecule has 0 spiro atoms. The van der Waals surface area contributed by atoms with Crippen molar-refractivity contribution in [3.8, 4) is 0 Å². The largest absolute Gasteiger partial charge is 0.481 e. The fourth-order valence-corrected chi connectivity index (χ4v) is 1.98. The Bertz CT molecular complexity index is 374. The Morgan fingerprint density at radius 3 is 3.07 bits per heavy atom. The van der Waals surface area contributed by atoms with E-state index in [1.54, 1.807) is 0 Å². The van der Waals surface area contributed by atoms with Gasteiger partial charge in [0.15, 0.2) is 0 Å². The van der Waals surface area contributed by atoms with Gasteiger partial charge in [-0.15, -0.1) is 10.2 Å². The van der Waals surface area contributed by atoms with E-state index in [1.807, 2.05) is 4.57 Å². The van der Waals surface area contributed by atoms with Gasteiger partial charge in [0.2, 0.25) is 0 Å². The van der Waals surface area contributed by atoms with Gasteiger partial charge in [-0.1, -0.05) is 0 Å². The van der Waals surface area contributed by atoms with E-state index in [0.717, 1.165) is 18.8 Å². The lowest BCUT2D eigenvalue weighted by molar-refractivity contribution is -0.139. The third-order valence-corrected chi connectivity index (χ3v) is 2.71. The van der Waals surface area contributed by atoms with Crippen LogP contribution in [0.25, 0.3) is 0 Å². The minimum absolute atomic E-state index is 0.502. The minimum Gasteiger partial charge on any atom is -0.481 e. The molecule has 2 rings (SSSR count). The zero-order valence-corrected chi connectivity index (χ0v) is 8.39. The van der Waals surface area contributed by atoms with E-state index in [2.05, 4.69) is 10.2 Å². The average molecular weight is 210 g/mol. The molecule has 0 saturated carbocycles. The van der Waals surface area contributed by atoms with Gasteiger partial charge in [0.05, 0.1) is 0 Å². The van der Waals surface area contributed by atoms with Crippen LogP contribution in [0.1, 0.15) is 30.4 Å². The summed E-state index contributed by atoms with van der Waals surface area (Å²) in [6.45, 7) is 1.32. The van der Waals surface area contributed by atoms with Gasteiger partial charge < -0.3 is 15.4 Å². The summed E-state index contributed by atoms with van der Waals surface area (Å²) in [6.07, 6.45) is 2.16. The third kappa shape index (κ3) is 1.72. The molecule has 1 aromatic heterocycles. The van der Waals surface area contributed by atoms with Crippen LogP contribution in [0.4, 0.5) is 0 Å². The van der Waals surface area contributed by atoms with Crippen LogP contribution in [-0.4, -0.2) is 32.4 Å². The molecule has 15 heavy (non-hydrogen) atoms. The highest BCUT2D eigenvalue weighted by Crippen LogP contribution is 2.26. The predicted molar refractivity (Wildman–Crippen MR) is 52.4 cm³/mol. The predicted octanol–water partition coefficient (Wildman–Crippen LogP) is -0.259. The maximum Gasteiger partial charge on any atom is 0.314 e. The van der Waals surface area contributed by atoms with Gasteiger partial charge in [0.1, 0.15) is 17.6 Å². The van der Waals surface area contributed by atoms with Gasteiger partial charge in [-0.25, -0.2) is 0 Å². The Kier molecular flexibility index (Phi) is 2.68. The molecule has 6 nitrogen and oxygen atoms in total. The normalized spacial score (nSPS) is 19.9. The van der Waals surface area contributed by atoms with E-state index >= 15 is 0 Å². The molecule has 1 aromatic rings. The van der Waals surface area contributed by atoms with E-state index in [4.69, 9.17) is 10.8 Å². The first-order valence-corrected chi connectivity index (χ1v) is 5.09. The number of hydrogen-bond acceptors (Lipinski definition) is 4. The molecule has 1 aliphatic heterocycles. The maximum atomic E-state index is 11.0. The summed E-state index contributed by atoms with van der Waals surface area (Å²) < 4.78 is 1.90. The van der Waals surface area contributed by atoms with E-state index in [0.29, 0.717) is 25.2 Å². The summed E-state index contributed by atoms with van der Waals surface area (Å²) in [5.41, 5.74) is 5.45. The van der Waals surface area contributed by atoms with Gasteiger partial charge >= 0.3 is 5.97 Å². The fourth-order valence-electron chi connectivity index (χ4n) is 1.98. The van der Waals surface area contributed by atoms with E-state index in [9.17, 15) is 4.79 Å². The first kappa shape index (κ1) is 10.1. The Morgan fingerprint density at radius 2 is 2.40 bits per heavy atom. The highest BCUT2D eigenvalue weighted by molar-refractivity contribution is 5.75. The molecule has 3 N–H and O–H groups in total. The number of rotatable bonds is 3. The summed E-state index contributed by atoms with van der Waals surface area (Å²) in [6, 6.07) is 0. The van der Waals surface area contributed by atoms with Crippen molar-refractivity contribution in [3.05, 3.63) is 11.6 Å². The maximum absolute atomic E-state index is 11.0. The standard InChI is InChI=1S/C9H14N4O2/c10-4-3-7-11-12-8-6(9(14)15)2-1-5-13(7)8/h6H,1-5,10H2,(H,14,15). The zero-order valence-electron chi connectivity index (χ0n) is 8.39. The summed E-state index contributed by atoms with van der Waals surface area (Å²) in [5, 5.41) is 17.0. The van der Waals surface area contributed by atoms with Crippen LogP contribution in [0.3, 0.4) is 0 Å². The molecule has 0 saturated heterocycles. The molecule has 0 fully saturated rings. The molecule has 0 aromatic carbocycles. The van der Waals surface area contributed by atoms with Crippen LogP contribution >= 0.6 is 0 Å². The molecule has 0 bridgehead atoms. The fraction of sp³-hybridized carbons (Fsp3) is 0.667. The van der Waals surface area contributed by atoms with Crippen molar-refractivity contribution >= 4 is 5.97 Å². The zero-order chi connectivity index (χ0) is 10.8. The quantitative estimate of drug-likeness (QED) is 0.716. The lowest BCUT2D eigenvalue weighted by Gasteiger charge is -2.20. The van der Waals surface area contributed by atoms with Gasteiger partial charge in [0.25, 0.3) is 0 Å². The van der Waals surface area contributed by atoms with Crippen molar-refractivity contribution in [2.75, 3.05) is 6.54 Å². The van der Waals surface area contributed by atoms with Crippen LogP contribution in [0.5, 0.6) is 0 Å². The second-order valence-electron chi connectivity index (χ2n) is 3.70.